The monoisotopic (exact) mass is 224 g/mol. The summed E-state index contributed by atoms with van der Waals surface area (Å²) < 4.78 is 29.7. The second-order valence-corrected chi connectivity index (χ2v) is 4.89. The van der Waals surface area contributed by atoms with Crippen LogP contribution in [0.2, 0.25) is 0 Å². The van der Waals surface area contributed by atoms with Crippen molar-refractivity contribution in [2.45, 2.75) is 19.8 Å². The molecule has 0 atom stereocenters. The van der Waals surface area contributed by atoms with E-state index in [0.29, 0.717) is 19.8 Å². The van der Waals surface area contributed by atoms with Crippen molar-refractivity contribution in [3.63, 3.8) is 0 Å². The molecular formula is C8H20N2O3S. The topological polar surface area (TPSA) is 81.4 Å². The van der Waals surface area contributed by atoms with Crippen molar-refractivity contribution in [1.82, 2.24) is 4.72 Å². The molecule has 0 amide bonds. The molecule has 0 aliphatic rings. The van der Waals surface area contributed by atoms with Crippen LogP contribution in [0.15, 0.2) is 0 Å². The Hall–Kier alpha value is -0.170. The predicted molar refractivity (Wildman–Crippen MR) is 56.6 cm³/mol. The molecule has 0 saturated carbocycles. The molecule has 0 heterocycles. The Bertz CT molecular complexity index is 217. The van der Waals surface area contributed by atoms with Crippen molar-refractivity contribution < 1.29 is 13.2 Å². The van der Waals surface area contributed by atoms with Crippen molar-refractivity contribution in [3.8, 4) is 0 Å². The molecule has 0 aromatic rings. The molecule has 0 aliphatic carbocycles. The molecule has 0 aromatic heterocycles. The van der Waals surface area contributed by atoms with Gasteiger partial charge >= 0.3 is 0 Å². The van der Waals surface area contributed by atoms with Crippen LogP contribution in [0.4, 0.5) is 0 Å². The van der Waals surface area contributed by atoms with Crippen LogP contribution in [0.1, 0.15) is 19.8 Å². The molecule has 0 radical (unpaired) electrons. The lowest BCUT2D eigenvalue weighted by molar-refractivity contribution is 0.136. The minimum atomic E-state index is -3.18. The van der Waals surface area contributed by atoms with Gasteiger partial charge in [0.2, 0.25) is 10.0 Å². The van der Waals surface area contributed by atoms with Gasteiger partial charge in [0.1, 0.15) is 0 Å². The van der Waals surface area contributed by atoms with Crippen molar-refractivity contribution in [2.24, 2.45) is 5.73 Å². The first-order valence-electron chi connectivity index (χ1n) is 4.87. The summed E-state index contributed by atoms with van der Waals surface area (Å²) in [5.41, 5.74) is 5.13. The molecule has 0 unspecified atom stereocenters. The Morgan fingerprint density at radius 1 is 1.36 bits per heavy atom. The van der Waals surface area contributed by atoms with Gasteiger partial charge in [0.25, 0.3) is 0 Å². The standard InChI is InChI=1S/C8H20N2O3S/c1-2-3-6-13-7-5-10-14(11,12)8-4-9/h10H,2-9H2,1H3. The highest BCUT2D eigenvalue weighted by Crippen LogP contribution is 1.87. The average molecular weight is 224 g/mol. The summed E-state index contributed by atoms with van der Waals surface area (Å²) in [6.45, 7) is 3.66. The fourth-order valence-corrected chi connectivity index (χ4v) is 1.69. The predicted octanol–water partition coefficient (Wildman–Crippen LogP) is -0.319. The summed E-state index contributed by atoms with van der Waals surface area (Å²) in [4.78, 5) is 0. The van der Waals surface area contributed by atoms with Crippen LogP contribution >= 0.6 is 0 Å². The van der Waals surface area contributed by atoms with E-state index in [1.165, 1.54) is 0 Å². The van der Waals surface area contributed by atoms with E-state index in [0.717, 1.165) is 12.8 Å². The Labute approximate surface area is 86.1 Å². The average Bonchev–Trinajstić information content (AvgIpc) is 2.11. The zero-order chi connectivity index (χ0) is 10.9. The van der Waals surface area contributed by atoms with E-state index in [1.54, 1.807) is 0 Å². The second-order valence-electron chi connectivity index (χ2n) is 2.97. The summed E-state index contributed by atoms with van der Waals surface area (Å²) in [6.07, 6.45) is 2.09. The van der Waals surface area contributed by atoms with Gasteiger partial charge in [-0.05, 0) is 6.42 Å². The minimum Gasteiger partial charge on any atom is -0.380 e. The number of ether oxygens (including phenoxy) is 1. The largest absolute Gasteiger partial charge is 0.380 e. The lowest BCUT2D eigenvalue weighted by Crippen LogP contribution is -2.32. The SMILES string of the molecule is CCCCOCCNS(=O)(=O)CCN. The summed E-state index contributed by atoms with van der Waals surface area (Å²) in [6, 6.07) is 0. The Kier molecular flexibility index (Phi) is 8.07. The van der Waals surface area contributed by atoms with E-state index in [4.69, 9.17) is 10.5 Å². The fraction of sp³-hybridized carbons (Fsp3) is 1.00. The molecule has 0 spiro atoms. The first-order chi connectivity index (χ1) is 6.62. The molecule has 0 saturated heterocycles. The summed E-state index contributed by atoms with van der Waals surface area (Å²) in [7, 11) is -3.18. The van der Waals surface area contributed by atoms with Crippen molar-refractivity contribution >= 4 is 10.0 Å². The number of nitrogens with two attached hydrogens (primary N) is 1. The molecule has 0 aliphatic heterocycles. The van der Waals surface area contributed by atoms with Crippen LogP contribution in [0.5, 0.6) is 0 Å². The zero-order valence-electron chi connectivity index (χ0n) is 8.66. The molecule has 6 heteroatoms. The maximum Gasteiger partial charge on any atom is 0.212 e. The maximum atomic E-state index is 11.1. The van der Waals surface area contributed by atoms with E-state index in [1.807, 2.05) is 0 Å². The third-order valence-corrected chi connectivity index (χ3v) is 3.01. The number of rotatable bonds is 9. The van der Waals surface area contributed by atoms with E-state index < -0.39 is 10.0 Å². The highest BCUT2D eigenvalue weighted by atomic mass is 32.2. The molecule has 0 fully saturated rings. The van der Waals surface area contributed by atoms with Gasteiger partial charge in [-0.3, -0.25) is 0 Å². The third-order valence-electron chi connectivity index (χ3n) is 1.60. The zero-order valence-corrected chi connectivity index (χ0v) is 9.48. The van der Waals surface area contributed by atoms with Gasteiger partial charge < -0.3 is 10.5 Å². The van der Waals surface area contributed by atoms with Gasteiger partial charge in [-0.1, -0.05) is 13.3 Å². The van der Waals surface area contributed by atoms with Crippen LogP contribution in [0, 0.1) is 0 Å². The minimum absolute atomic E-state index is 0.0258. The molecule has 14 heavy (non-hydrogen) atoms. The van der Waals surface area contributed by atoms with Crippen LogP contribution < -0.4 is 10.5 Å². The fourth-order valence-electron chi connectivity index (χ4n) is 0.845. The molecular weight excluding hydrogens is 204 g/mol. The van der Waals surface area contributed by atoms with Crippen LogP contribution in [-0.2, 0) is 14.8 Å². The summed E-state index contributed by atoms with van der Waals surface area (Å²) >= 11 is 0. The lowest BCUT2D eigenvalue weighted by Gasteiger charge is -2.05. The Morgan fingerprint density at radius 3 is 2.64 bits per heavy atom. The van der Waals surface area contributed by atoms with Gasteiger partial charge in [0.15, 0.2) is 0 Å². The van der Waals surface area contributed by atoms with Crippen LogP contribution in [0.25, 0.3) is 0 Å². The highest BCUT2D eigenvalue weighted by Gasteiger charge is 2.06. The lowest BCUT2D eigenvalue weighted by atomic mass is 10.4. The number of hydrogen-bond donors (Lipinski definition) is 2. The number of unbranched alkanes of at least 4 members (excludes halogenated alkanes) is 1. The van der Waals surface area contributed by atoms with Crippen molar-refractivity contribution in [2.75, 3.05) is 32.1 Å². The van der Waals surface area contributed by atoms with Gasteiger partial charge in [-0.15, -0.1) is 0 Å². The quantitative estimate of drug-likeness (QED) is 0.526. The molecule has 0 rings (SSSR count). The Balaban J connectivity index is 3.35. The van der Waals surface area contributed by atoms with Gasteiger partial charge in [0.05, 0.1) is 12.4 Å². The molecule has 5 nitrogen and oxygen atoms in total. The van der Waals surface area contributed by atoms with Crippen molar-refractivity contribution in [3.05, 3.63) is 0 Å². The van der Waals surface area contributed by atoms with E-state index in [2.05, 4.69) is 11.6 Å². The highest BCUT2D eigenvalue weighted by molar-refractivity contribution is 7.89. The normalized spacial score (nSPS) is 11.9. The molecule has 3 N–H and O–H groups in total. The molecule has 0 bridgehead atoms. The van der Waals surface area contributed by atoms with E-state index >= 15 is 0 Å². The van der Waals surface area contributed by atoms with Gasteiger partial charge in [-0.25, -0.2) is 13.1 Å². The van der Waals surface area contributed by atoms with Gasteiger partial charge in [0, 0.05) is 19.7 Å². The third kappa shape index (κ3) is 8.43. The van der Waals surface area contributed by atoms with Crippen LogP contribution in [0.3, 0.4) is 0 Å². The summed E-state index contributed by atoms with van der Waals surface area (Å²) in [5.74, 6) is -0.0258. The maximum absolute atomic E-state index is 11.1. The first-order valence-corrected chi connectivity index (χ1v) is 6.52. The van der Waals surface area contributed by atoms with Gasteiger partial charge in [-0.2, -0.15) is 0 Å². The molecule has 0 aromatic carbocycles. The Morgan fingerprint density at radius 2 is 2.07 bits per heavy atom. The number of nitrogens with one attached hydrogen (secondary N) is 1. The number of sulfonamides is 1. The molecule has 86 valence electrons. The van der Waals surface area contributed by atoms with Crippen molar-refractivity contribution in [1.29, 1.82) is 0 Å². The summed E-state index contributed by atoms with van der Waals surface area (Å²) in [5, 5.41) is 0. The second kappa shape index (κ2) is 8.16. The van der Waals surface area contributed by atoms with E-state index in [9.17, 15) is 8.42 Å². The van der Waals surface area contributed by atoms with E-state index in [-0.39, 0.29) is 12.3 Å². The number of hydrogen-bond acceptors (Lipinski definition) is 4. The smallest absolute Gasteiger partial charge is 0.212 e. The first kappa shape index (κ1) is 13.8. The van der Waals surface area contributed by atoms with Crippen LogP contribution in [-0.4, -0.2) is 40.5 Å².